The van der Waals surface area contributed by atoms with Crippen LogP contribution in [0.25, 0.3) is 17.1 Å². The van der Waals surface area contributed by atoms with Gasteiger partial charge < -0.3 is 0 Å². The molecule has 2 heterocycles. The number of Topliss-reactive ketones (excluding diaryl/α,β-unsaturated/α-hetero) is 1. The zero-order valence-electron chi connectivity index (χ0n) is 15.6. The monoisotopic (exact) mass is 404 g/mol. The van der Waals surface area contributed by atoms with Crippen molar-refractivity contribution in [1.82, 2.24) is 19.7 Å². The number of carbonyl (C=O) groups excluding carboxylic acids is 1. The molecule has 0 atom stereocenters. The van der Waals surface area contributed by atoms with Gasteiger partial charge >= 0.3 is 0 Å². The lowest BCUT2D eigenvalue weighted by molar-refractivity contribution is 0.102. The zero-order valence-corrected chi connectivity index (χ0v) is 16.4. The molecule has 0 aliphatic rings. The molecular weight excluding hydrogens is 387 g/mol. The minimum absolute atomic E-state index is 0.0982. The Kier molecular flexibility index (Phi) is 5.48. The third-order valence-corrected chi connectivity index (χ3v) is 5.29. The van der Waals surface area contributed by atoms with Crippen LogP contribution in [0.5, 0.6) is 0 Å². The number of rotatable bonds is 6. The molecule has 2 aromatic heterocycles. The molecule has 29 heavy (non-hydrogen) atoms. The maximum Gasteiger partial charge on any atom is 0.196 e. The van der Waals surface area contributed by atoms with E-state index in [1.54, 1.807) is 12.4 Å². The maximum absolute atomic E-state index is 13.1. The number of benzene rings is 2. The van der Waals surface area contributed by atoms with Crippen LogP contribution in [-0.4, -0.2) is 31.3 Å². The minimum Gasteiger partial charge on any atom is -0.293 e. The molecule has 0 unspecified atom stereocenters. The van der Waals surface area contributed by atoms with Gasteiger partial charge in [0.05, 0.1) is 5.75 Å². The summed E-state index contributed by atoms with van der Waals surface area (Å²) < 4.78 is 15.0. The van der Waals surface area contributed by atoms with Gasteiger partial charge in [0.2, 0.25) is 0 Å². The van der Waals surface area contributed by atoms with Crippen LogP contribution in [0.2, 0.25) is 0 Å². The van der Waals surface area contributed by atoms with Crippen molar-refractivity contribution in [2.75, 3.05) is 5.75 Å². The van der Waals surface area contributed by atoms with Gasteiger partial charge in [-0.2, -0.15) is 0 Å². The number of ketones is 1. The fourth-order valence-electron chi connectivity index (χ4n) is 2.83. The lowest BCUT2D eigenvalue weighted by Gasteiger charge is -2.10. The Labute approximate surface area is 171 Å². The molecule has 0 bridgehead atoms. The summed E-state index contributed by atoms with van der Waals surface area (Å²) in [7, 11) is 0. The van der Waals surface area contributed by atoms with E-state index in [-0.39, 0.29) is 17.4 Å². The molecule has 2 aromatic carbocycles. The molecule has 0 N–H and O–H groups in total. The number of thioether (sulfide) groups is 1. The van der Waals surface area contributed by atoms with Gasteiger partial charge in [-0.25, -0.2) is 4.39 Å². The van der Waals surface area contributed by atoms with Gasteiger partial charge in [0.1, 0.15) is 5.82 Å². The molecule has 0 saturated carbocycles. The maximum atomic E-state index is 13.1. The van der Waals surface area contributed by atoms with E-state index < -0.39 is 0 Å². The standard InChI is InChI=1S/C22H17FN4OS/c1-15-2-8-19(9-3-15)27-21(17-10-12-24-13-11-17)25-26-22(27)29-14-20(28)16-4-6-18(23)7-5-16/h2-13H,14H2,1H3. The smallest absolute Gasteiger partial charge is 0.196 e. The van der Waals surface area contributed by atoms with Crippen molar-refractivity contribution in [2.45, 2.75) is 12.1 Å². The highest BCUT2D eigenvalue weighted by molar-refractivity contribution is 7.99. The van der Waals surface area contributed by atoms with Crippen LogP contribution in [-0.2, 0) is 0 Å². The molecule has 0 aliphatic heterocycles. The minimum atomic E-state index is -0.365. The molecule has 0 radical (unpaired) electrons. The first kappa shape index (κ1) is 19.0. The fourth-order valence-corrected chi connectivity index (χ4v) is 3.67. The normalized spacial score (nSPS) is 10.8. The molecule has 4 aromatic rings. The third-order valence-electron chi connectivity index (χ3n) is 4.36. The molecule has 0 fully saturated rings. The Morgan fingerprint density at radius 3 is 2.34 bits per heavy atom. The predicted octanol–water partition coefficient (Wildman–Crippen LogP) is 4.75. The molecule has 0 saturated heterocycles. The first-order valence-corrected chi connectivity index (χ1v) is 9.95. The van der Waals surface area contributed by atoms with E-state index in [4.69, 9.17) is 0 Å². The van der Waals surface area contributed by atoms with Crippen molar-refractivity contribution in [1.29, 1.82) is 0 Å². The van der Waals surface area contributed by atoms with Crippen molar-refractivity contribution >= 4 is 17.5 Å². The van der Waals surface area contributed by atoms with Crippen molar-refractivity contribution in [3.8, 4) is 17.1 Å². The van der Waals surface area contributed by atoms with Gasteiger partial charge in [0.15, 0.2) is 16.8 Å². The molecule has 0 aliphatic carbocycles. The van der Waals surface area contributed by atoms with Gasteiger partial charge in [-0.1, -0.05) is 29.5 Å². The van der Waals surface area contributed by atoms with Gasteiger partial charge in [-0.3, -0.25) is 14.3 Å². The van der Waals surface area contributed by atoms with Crippen LogP contribution >= 0.6 is 11.8 Å². The Morgan fingerprint density at radius 1 is 0.966 bits per heavy atom. The van der Waals surface area contributed by atoms with E-state index in [1.165, 1.54) is 36.0 Å². The van der Waals surface area contributed by atoms with E-state index in [0.29, 0.717) is 16.5 Å². The molecule has 0 amide bonds. The second kappa shape index (κ2) is 8.36. The molecule has 4 rings (SSSR count). The predicted molar refractivity (Wildman–Crippen MR) is 111 cm³/mol. The summed E-state index contributed by atoms with van der Waals surface area (Å²) >= 11 is 1.30. The highest BCUT2D eigenvalue weighted by Gasteiger charge is 2.17. The van der Waals surface area contributed by atoms with E-state index >= 15 is 0 Å². The largest absolute Gasteiger partial charge is 0.293 e. The summed E-state index contributed by atoms with van der Waals surface area (Å²) in [5.74, 6) is 0.383. The van der Waals surface area contributed by atoms with Crippen molar-refractivity contribution < 1.29 is 9.18 Å². The summed E-state index contributed by atoms with van der Waals surface area (Å²) in [6.07, 6.45) is 3.41. The lowest BCUT2D eigenvalue weighted by atomic mass is 10.1. The molecule has 7 heteroatoms. The fraction of sp³-hybridized carbons (Fsp3) is 0.0909. The van der Waals surface area contributed by atoms with Crippen LogP contribution < -0.4 is 0 Å². The Balaban J connectivity index is 1.66. The molecule has 144 valence electrons. The average Bonchev–Trinajstić information content (AvgIpc) is 3.17. The number of aromatic nitrogens is 4. The van der Waals surface area contributed by atoms with Crippen molar-refractivity contribution in [2.24, 2.45) is 0 Å². The Hall–Kier alpha value is -3.32. The average molecular weight is 404 g/mol. The molecule has 5 nitrogen and oxygen atoms in total. The zero-order chi connectivity index (χ0) is 20.2. The molecular formula is C22H17FN4OS. The summed E-state index contributed by atoms with van der Waals surface area (Å²) in [6, 6.07) is 17.3. The first-order valence-electron chi connectivity index (χ1n) is 8.96. The number of aryl methyl sites for hydroxylation is 1. The van der Waals surface area contributed by atoms with Crippen LogP contribution in [0.15, 0.2) is 78.2 Å². The Bertz CT molecular complexity index is 1130. The number of hydrogen-bond acceptors (Lipinski definition) is 5. The van der Waals surface area contributed by atoms with E-state index in [1.807, 2.05) is 47.9 Å². The summed E-state index contributed by atoms with van der Waals surface area (Å²) in [4.78, 5) is 16.5. The van der Waals surface area contributed by atoms with Crippen LogP contribution in [0.1, 0.15) is 15.9 Å². The SMILES string of the molecule is Cc1ccc(-n2c(SCC(=O)c3ccc(F)cc3)nnc2-c2ccncc2)cc1. The number of pyridine rings is 1. The lowest BCUT2D eigenvalue weighted by Crippen LogP contribution is -2.05. The molecule has 0 spiro atoms. The van der Waals surface area contributed by atoms with E-state index in [9.17, 15) is 9.18 Å². The number of hydrogen-bond donors (Lipinski definition) is 0. The topological polar surface area (TPSA) is 60.7 Å². The third kappa shape index (κ3) is 4.25. The highest BCUT2D eigenvalue weighted by atomic mass is 32.2. The van der Waals surface area contributed by atoms with Crippen molar-refractivity contribution in [3.63, 3.8) is 0 Å². The second-order valence-corrected chi connectivity index (χ2v) is 7.37. The Morgan fingerprint density at radius 2 is 1.66 bits per heavy atom. The van der Waals surface area contributed by atoms with Gasteiger partial charge in [0, 0.05) is 29.2 Å². The van der Waals surface area contributed by atoms with Crippen molar-refractivity contribution in [3.05, 3.63) is 90.0 Å². The van der Waals surface area contributed by atoms with E-state index in [0.717, 1.165) is 16.8 Å². The highest BCUT2D eigenvalue weighted by Crippen LogP contribution is 2.28. The number of nitrogens with zero attached hydrogens (tertiary/aromatic N) is 4. The van der Waals surface area contributed by atoms with Crippen LogP contribution in [0.3, 0.4) is 0 Å². The van der Waals surface area contributed by atoms with Gasteiger partial charge in [0.25, 0.3) is 0 Å². The van der Waals surface area contributed by atoms with Crippen LogP contribution in [0, 0.1) is 12.7 Å². The number of halogens is 1. The van der Waals surface area contributed by atoms with E-state index in [2.05, 4.69) is 15.2 Å². The first-order chi connectivity index (χ1) is 14.1. The summed E-state index contributed by atoms with van der Waals surface area (Å²) in [5, 5.41) is 9.27. The van der Waals surface area contributed by atoms with Crippen LogP contribution in [0.4, 0.5) is 4.39 Å². The van der Waals surface area contributed by atoms with Gasteiger partial charge in [-0.05, 0) is 55.5 Å². The number of carbonyl (C=O) groups is 1. The summed E-state index contributed by atoms with van der Waals surface area (Å²) in [5.41, 5.74) is 3.40. The second-order valence-electron chi connectivity index (χ2n) is 6.43. The van der Waals surface area contributed by atoms with Gasteiger partial charge in [-0.15, -0.1) is 10.2 Å². The summed E-state index contributed by atoms with van der Waals surface area (Å²) in [6.45, 7) is 2.02. The quantitative estimate of drug-likeness (QED) is 0.343.